The Kier molecular flexibility index (Phi) is 4.72. The Morgan fingerprint density at radius 3 is 2.94 bits per heavy atom. The molecule has 1 nitrogen and oxygen atoms in total. The quantitative estimate of drug-likeness (QED) is 0.864. The average Bonchev–Trinajstić information content (AvgIpc) is 2.30. The zero-order valence-electron chi connectivity index (χ0n) is 10.2. The maximum Gasteiger partial charge on any atom is 0.0439 e. The second kappa shape index (κ2) is 6.08. The Bertz CT molecular complexity index is 378. The van der Waals surface area contributed by atoms with Crippen LogP contribution in [0.4, 0.5) is 0 Å². The van der Waals surface area contributed by atoms with Gasteiger partial charge in [-0.3, -0.25) is 0 Å². The zero-order valence-corrected chi connectivity index (χ0v) is 11.7. The third kappa shape index (κ3) is 3.87. The molecule has 2 atom stereocenters. The van der Waals surface area contributed by atoms with E-state index in [1.807, 2.05) is 18.2 Å². The van der Waals surface area contributed by atoms with Crippen LogP contribution in [0.5, 0.6) is 0 Å². The molecule has 1 saturated heterocycles. The molecule has 0 bridgehead atoms. The van der Waals surface area contributed by atoms with Crippen molar-refractivity contribution in [1.82, 2.24) is 5.32 Å². The maximum atomic E-state index is 6.16. The predicted octanol–water partition coefficient (Wildman–Crippen LogP) is 4.31. The van der Waals surface area contributed by atoms with Crippen LogP contribution in [0.1, 0.15) is 31.7 Å². The van der Waals surface area contributed by atoms with Crippen LogP contribution in [-0.2, 0) is 6.42 Å². The Morgan fingerprint density at radius 2 is 2.18 bits per heavy atom. The first kappa shape index (κ1) is 13.2. The summed E-state index contributed by atoms with van der Waals surface area (Å²) < 4.78 is 0. The van der Waals surface area contributed by atoms with Gasteiger partial charge in [0.25, 0.3) is 0 Å². The van der Waals surface area contributed by atoms with E-state index in [2.05, 4.69) is 12.2 Å². The van der Waals surface area contributed by atoms with E-state index in [0.717, 1.165) is 35.3 Å². The summed E-state index contributed by atoms with van der Waals surface area (Å²) in [6.07, 6.45) is 4.72. The number of benzene rings is 1. The lowest BCUT2D eigenvalue weighted by molar-refractivity contribution is 0.308. The van der Waals surface area contributed by atoms with Crippen LogP contribution >= 0.6 is 23.2 Å². The summed E-state index contributed by atoms with van der Waals surface area (Å²) in [7, 11) is 0. The number of rotatable bonds is 3. The molecule has 2 unspecified atom stereocenters. The van der Waals surface area contributed by atoms with Crippen LogP contribution < -0.4 is 5.32 Å². The van der Waals surface area contributed by atoms with E-state index in [-0.39, 0.29) is 0 Å². The van der Waals surface area contributed by atoms with Crippen molar-refractivity contribution in [3.63, 3.8) is 0 Å². The lowest BCUT2D eigenvalue weighted by Gasteiger charge is -2.28. The summed E-state index contributed by atoms with van der Waals surface area (Å²) >= 11 is 12.2. The van der Waals surface area contributed by atoms with Gasteiger partial charge in [-0.1, -0.05) is 30.1 Å². The molecule has 1 fully saturated rings. The summed E-state index contributed by atoms with van der Waals surface area (Å²) in [4.78, 5) is 0. The minimum absolute atomic E-state index is 0.633. The van der Waals surface area contributed by atoms with Crippen molar-refractivity contribution in [1.29, 1.82) is 0 Å². The normalized spacial score (nSPS) is 24.9. The molecule has 1 N–H and O–H groups in total. The van der Waals surface area contributed by atoms with Crippen LogP contribution in [0.2, 0.25) is 10.0 Å². The SMILES string of the molecule is CC1CCNC(CCc2cc(Cl)ccc2Cl)C1. The largest absolute Gasteiger partial charge is 0.314 e. The highest BCUT2D eigenvalue weighted by Gasteiger charge is 2.18. The monoisotopic (exact) mass is 271 g/mol. The molecule has 17 heavy (non-hydrogen) atoms. The van der Waals surface area contributed by atoms with Gasteiger partial charge in [-0.05, 0) is 61.9 Å². The van der Waals surface area contributed by atoms with Gasteiger partial charge in [-0.15, -0.1) is 0 Å². The Hall–Kier alpha value is -0.240. The van der Waals surface area contributed by atoms with E-state index in [1.165, 1.54) is 18.4 Å². The van der Waals surface area contributed by atoms with Gasteiger partial charge in [0.05, 0.1) is 0 Å². The van der Waals surface area contributed by atoms with Crippen LogP contribution in [0.15, 0.2) is 18.2 Å². The molecule has 0 amide bonds. The molecule has 0 spiro atoms. The average molecular weight is 272 g/mol. The molecule has 0 aromatic heterocycles. The molecule has 2 rings (SSSR count). The fourth-order valence-corrected chi connectivity index (χ4v) is 2.91. The number of piperidine rings is 1. The van der Waals surface area contributed by atoms with Gasteiger partial charge in [0.2, 0.25) is 0 Å². The highest BCUT2D eigenvalue weighted by molar-refractivity contribution is 6.33. The lowest BCUT2D eigenvalue weighted by atomic mass is 9.91. The van der Waals surface area contributed by atoms with Crippen molar-refractivity contribution < 1.29 is 0 Å². The minimum atomic E-state index is 0.633. The summed E-state index contributed by atoms with van der Waals surface area (Å²) in [5, 5.41) is 5.18. The fraction of sp³-hybridized carbons (Fsp3) is 0.571. The molecule has 1 aromatic rings. The lowest BCUT2D eigenvalue weighted by Crippen LogP contribution is -2.37. The summed E-state index contributed by atoms with van der Waals surface area (Å²) in [6, 6.07) is 6.34. The number of hydrogen-bond acceptors (Lipinski definition) is 1. The predicted molar refractivity (Wildman–Crippen MR) is 75.0 cm³/mol. The van der Waals surface area contributed by atoms with Crippen molar-refractivity contribution in [3.8, 4) is 0 Å². The van der Waals surface area contributed by atoms with Crippen LogP contribution in [0.3, 0.4) is 0 Å². The zero-order chi connectivity index (χ0) is 12.3. The van der Waals surface area contributed by atoms with Crippen molar-refractivity contribution in [2.45, 2.75) is 38.6 Å². The minimum Gasteiger partial charge on any atom is -0.314 e. The Morgan fingerprint density at radius 1 is 1.35 bits per heavy atom. The smallest absolute Gasteiger partial charge is 0.0439 e. The van der Waals surface area contributed by atoms with Crippen molar-refractivity contribution in [2.75, 3.05) is 6.54 Å². The van der Waals surface area contributed by atoms with E-state index in [1.54, 1.807) is 0 Å². The second-order valence-electron chi connectivity index (χ2n) is 5.06. The van der Waals surface area contributed by atoms with Gasteiger partial charge < -0.3 is 5.32 Å². The van der Waals surface area contributed by atoms with Gasteiger partial charge in [0, 0.05) is 16.1 Å². The number of nitrogens with one attached hydrogen (secondary N) is 1. The molecule has 0 radical (unpaired) electrons. The van der Waals surface area contributed by atoms with E-state index in [0.29, 0.717) is 6.04 Å². The first-order valence-electron chi connectivity index (χ1n) is 6.32. The van der Waals surface area contributed by atoms with Crippen LogP contribution in [-0.4, -0.2) is 12.6 Å². The summed E-state index contributed by atoms with van der Waals surface area (Å²) in [5.41, 5.74) is 1.17. The summed E-state index contributed by atoms with van der Waals surface area (Å²) in [6.45, 7) is 3.48. The van der Waals surface area contributed by atoms with Crippen molar-refractivity contribution >= 4 is 23.2 Å². The molecule has 1 aliphatic heterocycles. The van der Waals surface area contributed by atoms with Gasteiger partial charge >= 0.3 is 0 Å². The third-order valence-electron chi connectivity index (χ3n) is 3.53. The van der Waals surface area contributed by atoms with E-state index < -0.39 is 0 Å². The van der Waals surface area contributed by atoms with Crippen molar-refractivity contribution in [2.24, 2.45) is 5.92 Å². The first-order chi connectivity index (χ1) is 8.15. The first-order valence-corrected chi connectivity index (χ1v) is 7.08. The molecular weight excluding hydrogens is 253 g/mol. The molecule has 1 aliphatic rings. The fourth-order valence-electron chi connectivity index (χ4n) is 2.51. The van der Waals surface area contributed by atoms with Gasteiger partial charge in [0.15, 0.2) is 0 Å². The third-order valence-corrected chi connectivity index (χ3v) is 4.13. The Labute approximate surface area is 114 Å². The molecule has 0 aliphatic carbocycles. The Balaban J connectivity index is 1.90. The topological polar surface area (TPSA) is 12.0 Å². The van der Waals surface area contributed by atoms with E-state index in [4.69, 9.17) is 23.2 Å². The number of aryl methyl sites for hydroxylation is 1. The number of hydrogen-bond donors (Lipinski definition) is 1. The van der Waals surface area contributed by atoms with Crippen LogP contribution in [0.25, 0.3) is 0 Å². The van der Waals surface area contributed by atoms with E-state index in [9.17, 15) is 0 Å². The molecule has 1 aromatic carbocycles. The molecular formula is C14H19Cl2N. The highest BCUT2D eigenvalue weighted by atomic mass is 35.5. The second-order valence-corrected chi connectivity index (χ2v) is 5.90. The van der Waals surface area contributed by atoms with Crippen molar-refractivity contribution in [3.05, 3.63) is 33.8 Å². The maximum absolute atomic E-state index is 6.16. The summed E-state index contributed by atoms with van der Waals surface area (Å²) in [5.74, 6) is 0.844. The molecule has 0 saturated carbocycles. The molecule has 3 heteroatoms. The number of halogens is 2. The molecule has 94 valence electrons. The van der Waals surface area contributed by atoms with Gasteiger partial charge in [0.1, 0.15) is 0 Å². The standard InChI is InChI=1S/C14H19Cl2N/c1-10-6-7-17-13(8-10)4-2-11-9-12(15)3-5-14(11)16/h3,5,9-10,13,17H,2,4,6-8H2,1H3. The van der Waals surface area contributed by atoms with Gasteiger partial charge in [-0.2, -0.15) is 0 Å². The molecule has 1 heterocycles. The highest BCUT2D eigenvalue weighted by Crippen LogP contribution is 2.24. The van der Waals surface area contributed by atoms with Crippen LogP contribution in [0, 0.1) is 5.92 Å². The van der Waals surface area contributed by atoms with Gasteiger partial charge in [-0.25, -0.2) is 0 Å². The van der Waals surface area contributed by atoms with E-state index >= 15 is 0 Å².